The fraction of sp³-hybridized carbons (Fsp3) is 0.500. The fourth-order valence-electron chi connectivity index (χ4n) is 5.80. The van der Waals surface area contributed by atoms with Crippen molar-refractivity contribution in [3.05, 3.63) is 41.6 Å². The predicted molar refractivity (Wildman–Crippen MR) is 175 cm³/mol. The lowest BCUT2D eigenvalue weighted by Crippen LogP contribution is -2.50. The van der Waals surface area contributed by atoms with Crippen molar-refractivity contribution in [2.75, 3.05) is 24.2 Å². The normalized spacial score (nSPS) is 16.6. The number of imidazole rings is 1. The monoisotopic (exact) mass is 734 g/mol. The molecule has 0 bridgehead atoms. The fourth-order valence-corrected chi connectivity index (χ4v) is 5.98. The van der Waals surface area contributed by atoms with E-state index in [4.69, 9.17) is 19.4 Å². The molecular weight excluding hydrogens is 697 g/mol. The first-order valence-corrected chi connectivity index (χ1v) is 16.7. The molecule has 13 heteroatoms. The Kier molecular flexibility index (Phi) is 8.65. The summed E-state index contributed by atoms with van der Waals surface area (Å²) in [5, 5.41) is 3.46. The van der Waals surface area contributed by atoms with E-state index in [1.807, 2.05) is 52.4 Å². The van der Waals surface area contributed by atoms with E-state index in [1.165, 1.54) is 4.90 Å². The lowest BCUT2D eigenvalue weighted by atomic mass is 10.0. The molecule has 2 atom stereocenters. The van der Waals surface area contributed by atoms with Crippen molar-refractivity contribution in [2.45, 2.75) is 64.6 Å². The molecule has 6 rings (SSSR count). The molecular formula is C32H37F2IN6O4. The summed E-state index contributed by atoms with van der Waals surface area (Å²) in [4.78, 5) is 37.1. The van der Waals surface area contributed by atoms with Crippen LogP contribution in [0.4, 0.5) is 13.6 Å². The first kappa shape index (κ1) is 31.5. The molecule has 1 unspecified atom stereocenters. The number of benzene rings is 1. The number of hydrogen-bond donors (Lipinski definition) is 1. The van der Waals surface area contributed by atoms with Gasteiger partial charge in [-0.25, -0.2) is 23.5 Å². The van der Waals surface area contributed by atoms with Gasteiger partial charge in [-0.15, -0.1) is 0 Å². The third kappa shape index (κ3) is 6.59. The number of nitrogens with zero attached hydrogens (tertiary/aromatic N) is 5. The molecule has 1 aromatic carbocycles. The van der Waals surface area contributed by atoms with Crippen molar-refractivity contribution in [2.24, 2.45) is 13.0 Å². The Labute approximate surface area is 273 Å². The van der Waals surface area contributed by atoms with Gasteiger partial charge in [0.1, 0.15) is 23.5 Å². The number of aryl methyl sites for hydroxylation is 1. The lowest BCUT2D eigenvalue weighted by Gasteiger charge is -2.31. The molecule has 1 fully saturated rings. The highest BCUT2D eigenvalue weighted by molar-refractivity contribution is 14.1. The second kappa shape index (κ2) is 12.4. The number of alkyl halides is 3. The second-order valence-electron chi connectivity index (χ2n) is 12.8. The van der Waals surface area contributed by atoms with E-state index >= 15 is 0 Å². The zero-order chi connectivity index (χ0) is 32.0. The molecule has 1 N–H and O–H groups in total. The van der Waals surface area contributed by atoms with Crippen molar-refractivity contribution < 1.29 is 27.8 Å². The van der Waals surface area contributed by atoms with Crippen LogP contribution in [0.15, 0.2) is 30.3 Å². The highest BCUT2D eigenvalue weighted by Gasteiger charge is 2.31. The van der Waals surface area contributed by atoms with Crippen LogP contribution in [0.2, 0.25) is 0 Å². The number of aromatic nitrogens is 4. The number of fused-ring (bicyclic) bond motifs is 3. The number of hydrogen-bond acceptors (Lipinski definition) is 6. The lowest BCUT2D eigenvalue weighted by molar-refractivity contribution is 0.0465. The van der Waals surface area contributed by atoms with Gasteiger partial charge in [0.25, 0.3) is 5.91 Å². The molecule has 10 nitrogen and oxygen atoms in total. The molecule has 0 radical (unpaired) electrons. The topological polar surface area (TPSA) is 104 Å². The molecule has 0 saturated heterocycles. The Morgan fingerprint density at radius 1 is 1.22 bits per heavy atom. The zero-order valence-electron chi connectivity index (χ0n) is 25.8. The average molecular weight is 735 g/mol. The molecule has 0 spiro atoms. The van der Waals surface area contributed by atoms with Gasteiger partial charge in [0.05, 0.1) is 32.9 Å². The largest absolute Gasteiger partial charge is 0.457 e. The van der Waals surface area contributed by atoms with Crippen LogP contribution in [0.25, 0.3) is 33.6 Å². The summed E-state index contributed by atoms with van der Waals surface area (Å²) in [5.41, 5.74) is 3.24. The van der Waals surface area contributed by atoms with Crippen LogP contribution in [-0.4, -0.2) is 78.2 Å². The number of carbonyl (C=O) groups excluding carboxylic acids is 2. The van der Waals surface area contributed by atoms with Gasteiger partial charge >= 0.3 is 6.09 Å². The minimum absolute atomic E-state index is 0.00247. The molecule has 2 aliphatic rings. The number of para-hydroxylation sites is 1. The van der Waals surface area contributed by atoms with Gasteiger partial charge < -0.3 is 28.8 Å². The first-order chi connectivity index (χ1) is 21.5. The van der Waals surface area contributed by atoms with E-state index in [0.717, 1.165) is 36.0 Å². The minimum Gasteiger partial charge on any atom is -0.457 e. The highest BCUT2D eigenvalue weighted by atomic mass is 127. The van der Waals surface area contributed by atoms with Crippen molar-refractivity contribution in [3.8, 4) is 17.3 Å². The maximum absolute atomic E-state index is 14.4. The summed E-state index contributed by atoms with van der Waals surface area (Å²) >= 11 is 1.97. The van der Waals surface area contributed by atoms with Gasteiger partial charge in [-0.05, 0) is 57.7 Å². The molecule has 1 saturated carbocycles. The van der Waals surface area contributed by atoms with E-state index in [1.54, 1.807) is 32.9 Å². The Balaban J connectivity index is 1.32. The Hall–Kier alpha value is -3.49. The minimum atomic E-state index is -1.42. The quantitative estimate of drug-likeness (QED) is 0.159. The zero-order valence-corrected chi connectivity index (χ0v) is 27.9. The highest BCUT2D eigenvalue weighted by Crippen LogP contribution is 2.39. The van der Waals surface area contributed by atoms with Crippen LogP contribution in [0, 0.1) is 5.92 Å². The molecule has 1 aliphatic heterocycles. The van der Waals surface area contributed by atoms with Gasteiger partial charge in [-0.3, -0.25) is 4.79 Å². The number of nitrogens with one attached hydrogen (secondary N) is 1. The van der Waals surface area contributed by atoms with Crippen LogP contribution < -0.4 is 10.1 Å². The maximum Gasteiger partial charge on any atom is 0.408 e. The van der Waals surface area contributed by atoms with E-state index in [-0.39, 0.29) is 16.9 Å². The molecule has 2 amide bonds. The Morgan fingerprint density at radius 3 is 2.69 bits per heavy atom. The van der Waals surface area contributed by atoms with E-state index in [0.29, 0.717) is 52.9 Å². The van der Waals surface area contributed by atoms with Gasteiger partial charge in [0, 0.05) is 38.5 Å². The summed E-state index contributed by atoms with van der Waals surface area (Å²) in [5.74, 6) is 1.41. The summed E-state index contributed by atoms with van der Waals surface area (Å²) in [6.07, 6.45) is 0.598. The van der Waals surface area contributed by atoms with Gasteiger partial charge in [-0.1, -0.05) is 34.7 Å². The molecule has 45 heavy (non-hydrogen) atoms. The number of amides is 2. The van der Waals surface area contributed by atoms with Crippen molar-refractivity contribution in [1.82, 2.24) is 29.3 Å². The van der Waals surface area contributed by atoms with Gasteiger partial charge in [-0.2, -0.15) is 0 Å². The number of pyridine rings is 1. The summed E-state index contributed by atoms with van der Waals surface area (Å²) in [6.45, 7) is 5.44. The standard InChI is InChI=1S/C32H37F2IN6O4/c1-32(2,3)45-31(43)36-20(14-33)17-40-11-10-22-21(30(40)42)13-23-28(37-22)39(4)29(38-23)24-12-19-6-5-7-25(44-26(34)15-35)27(19)41(24)16-18-8-9-18/h5-7,12-13,18,20,26H,8-11,14-17H2,1-4H3,(H,36,43)/t20-,26?/m1/s1. The summed E-state index contributed by atoms with van der Waals surface area (Å²) in [7, 11) is 1.90. The summed E-state index contributed by atoms with van der Waals surface area (Å²) < 4.78 is 43.5. The molecule has 4 aromatic rings. The predicted octanol–water partition coefficient (Wildman–Crippen LogP) is 5.97. The molecule has 3 aromatic heterocycles. The number of rotatable bonds is 10. The average Bonchev–Trinajstić information content (AvgIpc) is 3.66. The van der Waals surface area contributed by atoms with Crippen LogP contribution in [0.1, 0.15) is 49.7 Å². The maximum atomic E-state index is 14.4. The molecule has 240 valence electrons. The number of halogens is 3. The Morgan fingerprint density at radius 2 is 2.00 bits per heavy atom. The third-order valence-corrected chi connectivity index (χ3v) is 8.73. The smallest absolute Gasteiger partial charge is 0.408 e. The van der Waals surface area contributed by atoms with E-state index in [2.05, 4.69) is 9.88 Å². The second-order valence-corrected chi connectivity index (χ2v) is 13.7. The molecule has 1 aliphatic carbocycles. The van der Waals surface area contributed by atoms with Crippen LogP contribution in [-0.2, 0) is 24.8 Å². The first-order valence-electron chi connectivity index (χ1n) is 15.2. The van der Waals surface area contributed by atoms with Crippen molar-refractivity contribution >= 4 is 56.7 Å². The van der Waals surface area contributed by atoms with Crippen LogP contribution in [0.3, 0.4) is 0 Å². The number of carbonyl (C=O) groups is 2. The van der Waals surface area contributed by atoms with E-state index in [9.17, 15) is 18.4 Å². The SMILES string of the molecule is Cn1c(-c2cc3cccc(OC(F)CI)c3n2CC2CC2)nc2cc3c(nc21)CCN(C[C@@H](CF)NC(=O)OC(C)(C)C)C3=O. The van der Waals surface area contributed by atoms with Crippen LogP contribution in [0.5, 0.6) is 5.75 Å². The van der Waals surface area contributed by atoms with Crippen LogP contribution >= 0.6 is 22.6 Å². The van der Waals surface area contributed by atoms with Gasteiger partial charge in [0.2, 0.25) is 6.36 Å². The van der Waals surface area contributed by atoms with E-state index < -0.39 is 30.8 Å². The third-order valence-electron chi connectivity index (χ3n) is 8.03. The Bertz CT molecular complexity index is 1760. The molecule has 4 heterocycles. The van der Waals surface area contributed by atoms with Crippen molar-refractivity contribution in [3.63, 3.8) is 0 Å². The van der Waals surface area contributed by atoms with Gasteiger partial charge in [0.15, 0.2) is 11.5 Å². The number of ether oxygens (including phenoxy) is 2. The number of alkyl carbamates (subject to hydrolysis) is 1. The summed E-state index contributed by atoms with van der Waals surface area (Å²) in [6, 6.07) is 8.54. The van der Waals surface area contributed by atoms with Crippen molar-refractivity contribution in [1.29, 1.82) is 0 Å².